The van der Waals surface area contributed by atoms with E-state index in [9.17, 15) is 0 Å². The van der Waals surface area contributed by atoms with Crippen molar-refractivity contribution in [1.82, 2.24) is 4.98 Å². The van der Waals surface area contributed by atoms with Crippen LogP contribution in [0.1, 0.15) is 18.5 Å². The van der Waals surface area contributed by atoms with Gasteiger partial charge in [-0.3, -0.25) is 0 Å². The lowest BCUT2D eigenvalue weighted by atomic mass is 10.3. The molecule has 1 aliphatic carbocycles. The van der Waals surface area contributed by atoms with Gasteiger partial charge in [-0.05, 0) is 37.1 Å². The van der Waals surface area contributed by atoms with Crippen LogP contribution >= 0.6 is 23.4 Å². The molecule has 3 nitrogen and oxygen atoms in total. The van der Waals surface area contributed by atoms with Crippen molar-refractivity contribution in [2.45, 2.75) is 22.5 Å². The first kappa shape index (κ1) is 14.2. The minimum absolute atomic E-state index is 0.246. The second-order valence-electron chi connectivity index (χ2n) is 5.09. The van der Waals surface area contributed by atoms with Gasteiger partial charge in [-0.25, -0.2) is 4.98 Å². The lowest BCUT2D eigenvalue weighted by molar-refractivity contribution is 0.935. The van der Waals surface area contributed by atoms with E-state index in [2.05, 4.69) is 34.6 Å². The van der Waals surface area contributed by atoms with Crippen LogP contribution in [-0.2, 0) is 0 Å². The highest BCUT2D eigenvalue weighted by molar-refractivity contribution is 8.01. The molecule has 0 bridgehead atoms. The Morgan fingerprint density at radius 3 is 2.67 bits per heavy atom. The number of hydrogen-bond acceptors (Lipinski definition) is 4. The smallest absolute Gasteiger partial charge is 0.161 e. The van der Waals surface area contributed by atoms with Crippen LogP contribution in [0, 0.1) is 11.3 Å². The minimum atomic E-state index is 0.246. The van der Waals surface area contributed by atoms with E-state index in [0.717, 1.165) is 6.54 Å². The fourth-order valence-corrected chi connectivity index (χ4v) is 3.45. The number of halogens is 1. The van der Waals surface area contributed by atoms with Crippen LogP contribution < -0.4 is 5.32 Å². The number of benzene rings is 1. The van der Waals surface area contributed by atoms with Crippen molar-refractivity contribution in [2.24, 2.45) is 0 Å². The molecule has 1 aliphatic rings. The zero-order valence-electron chi connectivity index (χ0n) is 11.3. The number of rotatable bonds is 5. The zero-order chi connectivity index (χ0) is 14.7. The third-order valence-corrected chi connectivity index (χ3v) is 5.23. The van der Waals surface area contributed by atoms with Crippen molar-refractivity contribution in [1.29, 1.82) is 5.26 Å². The molecule has 0 amide bonds. The Balaban J connectivity index is 1.64. The SMILES string of the molecule is N#Cc1nc(NCC2(Sc3ccccc3)CC2)ccc1Cl. The summed E-state index contributed by atoms with van der Waals surface area (Å²) in [6.07, 6.45) is 2.39. The number of thioether (sulfide) groups is 1. The van der Waals surface area contributed by atoms with Gasteiger partial charge in [0.15, 0.2) is 5.69 Å². The van der Waals surface area contributed by atoms with E-state index in [1.165, 1.54) is 17.7 Å². The Hall–Kier alpha value is -1.70. The number of anilines is 1. The van der Waals surface area contributed by atoms with Gasteiger partial charge in [0.25, 0.3) is 0 Å². The van der Waals surface area contributed by atoms with Crippen molar-refractivity contribution in [3.8, 4) is 6.07 Å². The van der Waals surface area contributed by atoms with Gasteiger partial charge in [-0.1, -0.05) is 29.8 Å². The molecule has 3 rings (SSSR count). The fourth-order valence-electron chi connectivity index (χ4n) is 2.06. The lowest BCUT2D eigenvalue weighted by Crippen LogP contribution is -2.18. The number of nitriles is 1. The van der Waals surface area contributed by atoms with E-state index in [1.807, 2.05) is 30.0 Å². The topological polar surface area (TPSA) is 48.7 Å². The predicted molar refractivity (Wildman–Crippen MR) is 86.7 cm³/mol. The molecule has 106 valence electrons. The molecule has 0 saturated heterocycles. The van der Waals surface area contributed by atoms with Gasteiger partial charge in [0.2, 0.25) is 0 Å². The summed E-state index contributed by atoms with van der Waals surface area (Å²) in [7, 11) is 0. The van der Waals surface area contributed by atoms with Gasteiger partial charge < -0.3 is 5.32 Å². The van der Waals surface area contributed by atoms with E-state index >= 15 is 0 Å². The molecule has 0 unspecified atom stereocenters. The maximum absolute atomic E-state index is 8.95. The van der Waals surface area contributed by atoms with Crippen LogP contribution in [0.2, 0.25) is 5.02 Å². The van der Waals surface area contributed by atoms with Crippen LogP contribution in [-0.4, -0.2) is 16.3 Å². The molecule has 1 heterocycles. The quantitative estimate of drug-likeness (QED) is 0.891. The maximum atomic E-state index is 8.95. The molecule has 0 atom stereocenters. The van der Waals surface area contributed by atoms with Crippen molar-refractivity contribution in [3.63, 3.8) is 0 Å². The summed E-state index contributed by atoms with van der Waals surface area (Å²) in [4.78, 5) is 5.51. The monoisotopic (exact) mass is 315 g/mol. The molecule has 2 aromatic rings. The Morgan fingerprint density at radius 2 is 2.00 bits per heavy atom. The Morgan fingerprint density at radius 1 is 1.24 bits per heavy atom. The summed E-state index contributed by atoms with van der Waals surface area (Å²) in [6.45, 7) is 0.839. The van der Waals surface area contributed by atoms with Crippen molar-refractivity contribution in [2.75, 3.05) is 11.9 Å². The highest BCUT2D eigenvalue weighted by atomic mass is 35.5. The first-order valence-corrected chi connectivity index (χ1v) is 7.95. The van der Waals surface area contributed by atoms with E-state index < -0.39 is 0 Å². The molecule has 0 radical (unpaired) electrons. The van der Waals surface area contributed by atoms with Crippen LogP contribution in [0.3, 0.4) is 0 Å². The molecule has 1 saturated carbocycles. The van der Waals surface area contributed by atoms with Gasteiger partial charge in [-0.15, -0.1) is 11.8 Å². The largest absolute Gasteiger partial charge is 0.369 e. The van der Waals surface area contributed by atoms with Crippen LogP contribution in [0.4, 0.5) is 5.82 Å². The summed E-state index contributed by atoms with van der Waals surface area (Å²) >= 11 is 7.80. The van der Waals surface area contributed by atoms with E-state index in [1.54, 1.807) is 6.07 Å². The van der Waals surface area contributed by atoms with Gasteiger partial charge in [0.05, 0.1) is 5.02 Å². The third-order valence-electron chi connectivity index (χ3n) is 3.43. The van der Waals surface area contributed by atoms with Crippen molar-refractivity contribution >= 4 is 29.2 Å². The molecule has 1 N–H and O–H groups in total. The average molecular weight is 316 g/mol. The number of pyridine rings is 1. The van der Waals surface area contributed by atoms with Crippen molar-refractivity contribution in [3.05, 3.63) is 53.2 Å². The summed E-state index contributed by atoms with van der Waals surface area (Å²) in [6, 6.07) is 15.9. The predicted octanol–water partition coefficient (Wildman–Crippen LogP) is 4.34. The molecule has 1 aromatic heterocycles. The molecular formula is C16H14ClN3S. The summed E-state index contributed by atoms with van der Waals surface area (Å²) < 4.78 is 0.246. The van der Waals surface area contributed by atoms with E-state index in [4.69, 9.17) is 16.9 Å². The number of hydrogen-bond donors (Lipinski definition) is 1. The molecule has 0 aliphatic heterocycles. The van der Waals surface area contributed by atoms with Gasteiger partial charge in [0.1, 0.15) is 11.9 Å². The van der Waals surface area contributed by atoms with E-state index in [-0.39, 0.29) is 10.4 Å². The molecule has 5 heteroatoms. The van der Waals surface area contributed by atoms with Gasteiger partial charge >= 0.3 is 0 Å². The Labute approximate surface area is 133 Å². The number of aromatic nitrogens is 1. The van der Waals surface area contributed by atoms with Crippen LogP contribution in [0.25, 0.3) is 0 Å². The fraction of sp³-hybridized carbons (Fsp3) is 0.250. The average Bonchev–Trinajstić information content (AvgIpc) is 3.27. The Bertz CT molecular complexity index is 678. The lowest BCUT2D eigenvalue weighted by Gasteiger charge is -2.16. The van der Waals surface area contributed by atoms with Gasteiger partial charge in [0, 0.05) is 16.2 Å². The zero-order valence-corrected chi connectivity index (χ0v) is 12.9. The summed E-state index contributed by atoms with van der Waals surface area (Å²) in [5.41, 5.74) is 0.266. The Kier molecular flexibility index (Phi) is 4.05. The second kappa shape index (κ2) is 5.97. The third kappa shape index (κ3) is 3.49. The highest BCUT2D eigenvalue weighted by Crippen LogP contribution is 2.51. The standard InChI is InChI=1S/C16H14ClN3S/c17-13-6-7-15(20-14(13)10-18)19-11-16(8-9-16)21-12-4-2-1-3-5-12/h1-7H,8-9,11H2,(H,19,20). The normalized spacial score (nSPS) is 15.2. The molecule has 1 aromatic carbocycles. The highest BCUT2D eigenvalue weighted by Gasteiger charge is 2.43. The van der Waals surface area contributed by atoms with Crippen LogP contribution in [0.5, 0.6) is 0 Å². The van der Waals surface area contributed by atoms with Gasteiger partial charge in [-0.2, -0.15) is 5.26 Å². The molecule has 1 fully saturated rings. The second-order valence-corrected chi connectivity index (χ2v) is 7.04. The van der Waals surface area contributed by atoms with Crippen LogP contribution in [0.15, 0.2) is 47.4 Å². The molecular weight excluding hydrogens is 302 g/mol. The first-order valence-electron chi connectivity index (χ1n) is 6.75. The molecule has 0 spiro atoms. The summed E-state index contributed by atoms with van der Waals surface area (Å²) in [5.74, 6) is 0.705. The summed E-state index contributed by atoms with van der Waals surface area (Å²) in [5, 5.41) is 12.7. The van der Waals surface area contributed by atoms with E-state index in [0.29, 0.717) is 10.8 Å². The first-order chi connectivity index (χ1) is 10.2. The number of nitrogens with zero attached hydrogens (tertiary/aromatic N) is 2. The maximum Gasteiger partial charge on any atom is 0.161 e. The minimum Gasteiger partial charge on any atom is -0.369 e. The number of nitrogens with one attached hydrogen (secondary N) is 1. The van der Waals surface area contributed by atoms with Crippen molar-refractivity contribution < 1.29 is 0 Å². The molecule has 21 heavy (non-hydrogen) atoms.